The number of hydrogen-bond donors (Lipinski definition) is 2. The summed E-state index contributed by atoms with van der Waals surface area (Å²) in [7, 11) is 0. The lowest BCUT2D eigenvalue weighted by atomic mass is 9.75. The molecule has 0 aliphatic carbocycles. The molecule has 1 aliphatic heterocycles. The smallest absolute Gasteiger partial charge is 0.250 e. The molecule has 1 saturated heterocycles. The molecular formula is C18H21N3O2. The van der Waals surface area contributed by atoms with E-state index in [1.807, 2.05) is 24.3 Å². The topological polar surface area (TPSA) is 79.5 Å². The molecule has 3 rings (SSSR count). The van der Waals surface area contributed by atoms with E-state index in [1.165, 1.54) is 6.20 Å². The number of nitrogens with zero attached hydrogens (tertiary/aromatic N) is 2. The van der Waals surface area contributed by atoms with Gasteiger partial charge in [0.25, 0.3) is 0 Å². The number of aliphatic hydroxyl groups excluding tert-OH is 1. The highest BCUT2D eigenvalue weighted by Gasteiger charge is 2.37. The van der Waals surface area contributed by atoms with Crippen molar-refractivity contribution in [2.24, 2.45) is 5.73 Å². The molecule has 1 unspecified atom stereocenters. The molecule has 1 aliphatic rings. The first-order valence-corrected chi connectivity index (χ1v) is 7.82. The molecule has 0 saturated carbocycles. The molecule has 1 amide bonds. The average molecular weight is 311 g/mol. The molecule has 23 heavy (non-hydrogen) atoms. The van der Waals surface area contributed by atoms with Crippen LogP contribution in [0.3, 0.4) is 0 Å². The first-order valence-electron chi connectivity index (χ1n) is 7.82. The zero-order valence-corrected chi connectivity index (χ0v) is 13.0. The van der Waals surface area contributed by atoms with Crippen molar-refractivity contribution in [1.29, 1.82) is 0 Å². The summed E-state index contributed by atoms with van der Waals surface area (Å²) < 4.78 is 0. The van der Waals surface area contributed by atoms with Crippen LogP contribution in [0.4, 0.5) is 5.82 Å². The van der Waals surface area contributed by atoms with Crippen molar-refractivity contribution in [3.05, 3.63) is 59.8 Å². The number of hydrogen-bond acceptors (Lipinski definition) is 4. The number of aliphatic hydroxyl groups is 1. The monoisotopic (exact) mass is 311 g/mol. The second kappa shape index (κ2) is 6.38. The predicted molar refractivity (Wildman–Crippen MR) is 89.4 cm³/mol. The molecule has 5 heteroatoms. The summed E-state index contributed by atoms with van der Waals surface area (Å²) in [5.41, 5.74) is 6.54. The van der Waals surface area contributed by atoms with Gasteiger partial charge >= 0.3 is 0 Å². The number of pyridine rings is 1. The maximum Gasteiger partial charge on any atom is 0.250 e. The summed E-state index contributed by atoms with van der Waals surface area (Å²) in [5, 5.41) is 10.1. The second-order valence-corrected chi connectivity index (χ2v) is 6.10. The molecule has 2 heterocycles. The fourth-order valence-electron chi connectivity index (χ4n) is 3.29. The van der Waals surface area contributed by atoms with Gasteiger partial charge in [0.2, 0.25) is 5.91 Å². The Morgan fingerprint density at radius 1 is 1.26 bits per heavy atom. The van der Waals surface area contributed by atoms with E-state index in [1.54, 1.807) is 6.07 Å². The number of benzene rings is 1. The summed E-state index contributed by atoms with van der Waals surface area (Å²) in [6, 6.07) is 13.7. The lowest BCUT2D eigenvalue weighted by Gasteiger charge is -2.42. The number of carbonyl (C=O) groups excluding carboxylic acids is 1. The van der Waals surface area contributed by atoms with Gasteiger partial charge in [0.1, 0.15) is 5.82 Å². The molecule has 1 atom stereocenters. The molecule has 3 N–H and O–H groups in total. The average Bonchev–Trinajstić information content (AvgIpc) is 2.62. The maximum atomic E-state index is 11.2. The van der Waals surface area contributed by atoms with Gasteiger partial charge in [0.05, 0.1) is 12.2 Å². The van der Waals surface area contributed by atoms with Crippen molar-refractivity contribution in [3.63, 3.8) is 0 Å². The van der Waals surface area contributed by atoms with Crippen molar-refractivity contribution in [2.45, 2.75) is 18.3 Å². The van der Waals surface area contributed by atoms with E-state index in [0.29, 0.717) is 12.1 Å². The van der Waals surface area contributed by atoms with E-state index in [4.69, 9.17) is 5.73 Å². The molecule has 2 aromatic rings. The third-order valence-corrected chi connectivity index (χ3v) is 4.62. The number of carbonyl (C=O) groups is 1. The molecule has 1 aromatic heterocycles. The highest BCUT2D eigenvalue weighted by molar-refractivity contribution is 5.92. The van der Waals surface area contributed by atoms with Crippen LogP contribution >= 0.6 is 0 Å². The molecule has 0 radical (unpaired) electrons. The minimum absolute atomic E-state index is 0.104. The number of rotatable bonds is 4. The standard InChI is InChI=1S/C18H21N3O2/c19-17(23)14-7-8-16(20-11-14)21-10-4-9-18(12-21,13-22)15-5-2-1-3-6-15/h1-3,5-8,11,22H,4,9-10,12-13H2,(H2,19,23). The third-order valence-electron chi connectivity index (χ3n) is 4.62. The van der Waals surface area contributed by atoms with Gasteiger partial charge in [0, 0.05) is 24.7 Å². The van der Waals surface area contributed by atoms with Gasteiger partial charge in [-0.2, -0.15) is 0 Å². The number of anilines is 1. The van der Waals surface area contributed by atoms with E-state index < -0.39 is 5.91 Å². The summed E-state index contributed by atoms with van der Waals surface area (Å²) in [5.74, 6) is 0.333. The van der Waals surface area contributed by atoms with Crippen molar-refractivity contribution in [1.82, 2.24) is 4.98 Å². The van der Waals surface area contributed by atoms with Crippen molar-refractivity contribution in [2.75, 3.05) is 24.6 Å². The number of nitrogens with two attached hydrogens (primary N) is 1. The zero-order chi connectivity index (χ0) is 16.3. The Kier molecular flexibility index (Phi) is 4.30. The van der Waals surface area contributed by atoms with Crippen LogP contribution in [0.25, 0.3) is 0 Å². The Morgan fingerprint density at radius 2 is 2.04 bits per heavy atom. The molecule has 1 fully saturated rings. The highest BCUT2D eigenvalue weighted by Crippen LogP contribution is 2.35. The molecule has 120 valence electrons. The first kappa shape index (κ1) is 15.5. The molecular weight excluding hydrogens is 290 g/mol. The fraction of sp³-hybridized carbons (Fsp3) is 0.333. The largest absolute Gasteiger partial charge is 0.395 e. The first-order chi connectivity index (χ1) is 11.1. The Labute approximate surface area is 135 Å². The van der Waals surface area contributed by atoms with Crippen LogP contribution in [0.1, 0.15) is 28.8 Å². The molecule has 0 bridgehead atoms. The summed E-state index contributed by atoms with van der Waals surface area (Å²) in [6.45, 7) is 1.70. The van der Waals surface area contributed by atoms with E-state index in [9.17, 15) is 9.90 Å². The second-order valence-electron chi connectivity index (χ2n) is 6.10. The van der Waals surface area contributed by atoms with Gasteiger partial charge in [-0.05, 0) is 30.5 Å². The number of primary amides is 1. The number of piperidine rings is 1. The SMILES string of the molecule is NC(=O)c1ccc(N2CCCC(CO)(c3ccccc3)C2)nc1. The van der Waals surface area contributed by atoms with E-state index in [2.05, 4.69) is 22.0 Å². The van der Waals surface area contributed by atoms with Gasteiger partial charge < -0.3 is 15.7 Å². The quantitative estimate of drug-likeness (QED) is 0.901. The fourth-order valence-corrected chi connectivity index (χ4v) is 3.29. The Morgan fingerprint density at radius 3 is 2.65 bits per heavy atom. The normalized spacial score (nSPS) is 21.2. The maximum absolute atomic E-state index is 11.2. The van der Waals surface area contributed by atoms with Gasteiger partial charge in [-0.3, -0.25) is 4.79 Å². The Hall–Kier alpha value is -2.40. The zero-order valence-electron chi connectivity index (χ0n) is 13.0. The highest BCUT2D eigenvalue weighted by atomic mass is 16.3. The van der Waals surface area contributed by atoms with Crippen LogP contribution in [0.5, 0.6) is 0 Å². The Balaban J connectivity index is 1.86. The van der Waals surface area contributed by atoms with Gasteiger partial charge in [0.15, 0.2) is 0 Å². The van der Waals surface area contributed by atoms with Crippen molar-refractivity contribution >= 4 is 11.7 Å². The van der Waals surface area contributed by atoms with Crippen LogP contribution in [0.15, 0.2) is 48.7 Å². The van der Waals surface area contributed by atoms with Crippen LogP contribution in [0, 0.1) is 0 Å². The predicted octanol–water partition coefficient (Wildman–Crippen LogP) is 1.71. The van der Waals surface area contributed by atoms with Crippen LogP contribution in [-0.4, -0.2) is 35.7 Å². The van der Waals surface area contributed by atoms with E-state index >= 15 is 0 Å². The number of amides is 1. The number of aromatic nitrogens is 1. The van der Waals surface area contributed by atoms with Crippen molar-refractivity contribution < 1.29 is 9.90 Å². The lowest BCUT2D eigenvalue weighted by Crippen LogP contribution is -2.48. The van der Waals surface area contributed by atoms with Gasteiger partial charge in [-0.25, -0.2) is 4.98 Å². The molecule has 5 nitrogen and oxygen atoms in total. The molecule has 1 aromatic carbocycles. The lowest BCUT2D eigenvalue weighted by molar-refractivity contribution is 0.1000. The third kappa shape index (κ3) is 3.05. The summed E-state index contributed by atoms with van der Waals surface area (Å²) >= 11 is 0. The van der Waals surface area contributed by atoms with Crippen LogP contribution in [0.2, 0.25) is 0 Å². The van der Waals surface area contributed by atoms with Crippen LogP contribution in [-0.2, 0) is 5.41 Å². The summed E-state index contributed by atoms with van der Waals surface area (Å²) in [6.07, 6.45) is 3.44. The van der Waals surface area contributed by atoms with Crippen LogP contribution < -0.4 is 10.6 Å². The van der Waals surface area contributed by atoms with E-state index in [-0.39, 0.29) is 12.0 Å². The van der Waals surface area contributed by atoms with Gasteiger partial charge in [-0.1, -0.05) is 30.3 Å². The Bertz CT molecular complexity index is 672. The summed E-state index contributed by atoms with van der Waals surface area (Å²) in [4.78, 5) is 17.7. The van der Waals surface area contributed by atoms with E-state index in [0.717, 1.165) is 30.8 Å². The molecule has 0 spiro atoms. The minimum Gasteiger partial charge on any atom is -0.395 e. The minimum atomic E-state index is -0.475. The van der Waals surface area contributed by atoms with Gasteiger partial charge in [-0.15, -0.1) is 0 Å². The van der Waals surface area contributed by atoms with Crippen molar-refractivity contribution in [3.8, 4) is 0 Å².